The van der Waals surface area contributed by atoms with Crippen molar-refractivity contribution < 1.29 is 18.0 Å². The molecule has 0 aliphatic heterocycles. The third-order valence-corrected chi connectivity index (χ3v) is 5.76. The predicted molar refractivity (Wildman–Crippen MR) is 103 cm³/mol. The highest BCUT2D eigenvalue weighted by Crippen LogP contribution is 2.35. The largest absolute Gasteiger partial charge is 0.418 e. The minimum atomic E-state index is -4.53. The normalized spacial score (nSPS) is 12.6. The van der Waals surface area contributed by atoms with Crippen molar-refractivity contribution in [3.8, 4) is 11.3 Å². The van der Waals surface area contributed by atoms with Gasteiger partial charge >= 0.3 is 6.18 Å². The summed E-state index contributed by atoms with van der Waals surface area (Å²) in [6, 6.07) is 14.5. The number of anilines is 1. The van der Waals surface area contributed by atoms with Crippen molar-refractivity contribution in [1.29, 1.82) is 0 Å². The van der Waals surface area contributed by atoms with E-state index in [0.29, 0.717) is 4.34 Å². The second-order valence-corrected chi connectivity index (χ2v) is 8.10. The maximum absolute atomic E-state index is 13.0. The number of aromatic nitrogens is 1. The minimum Gasteiger partial charge on any atom is -0.325 e. The van der Waals surface area contributed by atoms with Gasteiger partial charge in [0.25, 0.3) is 0 Å². The highest BCUT2D eigenvalue weighted by atomic mass is 32.2. The third-order valence-electron chi connectivity index (χ3n) is 3.69. The quantitative estimate of drug-likeness (QED) is 0.531. The Labute approximate surface area is 162 Å². The molecule has 0 aliphatic rings. The Balaban J connectivity index is 1.68. The Morgan fingerprint density at radius 3 is 2.48 bits per heavy atom. The molecule has 8 heteroatoms. The molecule has 3 nitrogen and oxygen atoms in total. The number of nitrogens with zero attached hydrogens (tertiary/aromatic N) is 1. The minimum absolute atomic E-state index is 0.244. The standard InChI is InChI=1S/C19H15F3N2OS2/c1-12(17(25)23-15-10-6-5-9-14(15)19(20,21)22)27-18-24-16(11-26-18)13-7-3-2-4-8-13/h2-12H,1H3,(H,23,25)/t12-/m0/s1. The maximum atomic E-state index is 13.0. The fourth-order valence-electron chi connectivity index (χ4n) is 2.33. The van der Waals surface area contributed by atoms with Gasteiger partial charge in [0.05, 0.1) is 22.2 Å². The summed E-state index contributed by atoms with van der Waals surface area (Å²) in [5.41, 5.74) is 0.665. The smallest absolute Gasteiger partial charge is 0.325 e. The molecule has 1 aromatic heterocycles. The van der Waals surface area contributed by atoms with Crippen molar-refractivity contribution in [3.63, 3.8) is 0 Å². The molecule has 0 bridgehead atoms. The fourth-order valence-corrected chi connectivity index (χ4v) is 4.30. The fraction of sp³-hybridized carbons (Fsp3) is 0.158. The molecule has 3 rings (SSSR count). The Morgan fingerprint density at radius 2 is 1.78 bits per heavy atom. The lowest BCUT2D eigenvalue weighted by molar-refractivity contribution is -0.137. The van der Waals surface area contributed by atoms with Gasteiger partial charge in [0.1, 0.15) is 0 Å². The number of rotatable bonds is 5. The second kappa shape index (κ2) is 8.14. The van der Waals surface area contributed by atoms with Gasteiger partial charge in [0, 0.05) is 10.9 Å². The molecule has 0 unspecified atom stereocenters. The van der Waals surface area contributed by atoms with E-state index in [0.717, 1.165) is 17.3 Å². The number of benzene rings is 2. The second-order valence-electron chi connectivity index (χ2n) is 5.66. The van der Waals surface area contributed by atoms with Crippen LogP contribution in [0.5, 0.6) is 0 Å². The zero-order valence-corrected chi connectivity index (χ0v) is 15.8. The van der Waals surface area contributed by atoms with Crippen LogP contribution in [0.4, 0.5) is 18.9 Å². The number of carbonyl (C=O) groups is 1. The molecular formula is C19H15F3N2OS2. The summed E-state index contributed by atoms with van der Waals surface area (Å²) in [5.74, 6) is -0.506. The Hall–Kier alpha value is -2.32. The van der Waals surface area contributed by atoms with E-state index in [1.807, 2.05) is 35.7 Å². The molecular weight excluding hydrogens is 393 g/mol. The zero-order chi connectivity index (χ0) is 19.4. The van der Waals surface area contributed by atoms with E-state index < -0.39 is 22.9 Å². The first kappa shape index (κ1) is 19.4. The summed E-state index contributed by atoms with van der Waals surface area (Å²) in [7, 11) is 0. The zero-order valence-electron chi connectivity index (χ0n) is 14.2. The number of hydrogen-bond donors (Lipinski definition) is 1. The van der Waals surface area contributed by atoms with Crippen molar-refractivity contribution in [1.82, 2.24) is 4.98 Å². The van der Waals surface area contributed by atoms with E-state index >= 15 is 0 Å². The van der Waals surface area contributed by atoms with Crippen molar-refractivity contribution in [2.24, 2.45) is 0 Å². The maximum Gasteiger partial charge on any atom is 0.418 e. The molecule has 140 valence electrons. The molecule has 2 aromatic carbocycles. The molecule has 0 aliphatic carbocycles. The van der Waals surface area contributed by atoms with Crippen LogP contribution in [-0.4, -0.2) is 16.1 Å². The lowest BCUT2D eigenvalue weighted by Crippen LogP contribution is -2.24. The first-order chi connectivity index (χ1) is 12.8. The molecule has 0 saturated heterocycles. The first-order valence-electron chi connectivity index (χ1n) is 7.99. The highest BCUT2D eigenvalue weighted by molar-refractivity contribution is 8.02. The van der Waals surface area contributed by atoms with Gasteiger partial charge in [-0.1, -0.05) is 54.2 Å². The van der Waals surface area contributed by atoms with Gasteiger partial charge in [-0.25, -0.2) is 4.98 Å². The van der Waals surface area contributed by atoms with E-state index in [2.05, 4.69) is 10.3 Å². The van der Waals surface area contributed by atoms with E-state index in [1.54, 1.807) is 6.92 Å². The number of thioether (sulfide) groups is 1. The summed E-state index contributed by atoms with van der Waals surface area (Å²) >= 11 is 2.61. The van der Waals surface area contributed by atoms with Gasteiger partial charge in [-0.3, -0.25) is 4.79 Å². The number of carbonyl (C=O) groups excluding carboxylic acids is 1. The van der Waals surface area contributed by atoms with Crippen molar-refractivity contribution in [2.75, 3.05) is 5.32 Å². The summed E-state index contributed by atoms with van der Waals surface area (Å²) in [5, 5.41) is 3.67. The topological polar surface area (TPSA) is 42.0 Å². The van der Waals surface area contributed by atoms with Crippen LogP contribution in [0.3, 0.4) is 0 Å². The van der Waals surface area contributed by atoms with E-state index in [9.17, 15) is 18.0 Å². The molecule has 0 radical (unpaired) electrons. The number of thiazole rings is 1. The highest BCUT2D eigenvalue weighted by Gasteiger charge is 2.34. The van der Waals surface area contributed by atoms with E-state index in [-0.39, 0.29) is 5.69 Å². The van der Waals surface area contributed by atoms with Crippen LogP contribution < -0.4 is 5.32 Å². The van der Waals surface area contributed by atoms with Gasteiger partial charge in [-0.15, -0.1) is 11.3 Å². The van der Waals surface area contributed by atoms with E-state index in [1.165, 1.54) is 41.3 Å². The lowest BCUT2D eigenvalue weighted by atomic mass is 10.1. The summed E-state index contributed by atoms with van der Waals surface area (Å²) in [4.78, 5) is 16.8. The van der Waals surface area contributed by atoms with Crippen molar-refractivity contribution >= 4 is 34.7 Å². The van der Waals surface area contributed by atoms with Gasteiger partial charge in [0.2, 0.25) is 5.91 Å². The van der Waals surface area contributed by atoms with Gasteiger partial charge in [0.15, 0.2) is 4.34 Å². The van der Waals surface area contributed by atoms with Gasteiger partial charge in [-0.2, -0.15) is 13.2 Å². The Kier molecular flexibility index (Phi) is 5.86. The van der Waals surface area contributed by atoms with Crippen LogP contribution in [0.25, 0.3) is 11.3 Å². The molecule has 0 spiro atoms. The third kappa shape index (κ3) is 4.90. The number of halogens is 3. The molecule has 3 aromatic rings. The number of amides is 1. The van der Waals surface area contributed by atoms with Crippen LogP contribution in [0, 0.1) is 0 Å². The van der Waals surface area contributed by atoms with Crippen LogP contribution >= 0.6 is 23.1 Å². The van der Waals surface area contributed by atoms with Crippen molar-refractivity contribution in [2.45, 2.75) is 22.7 Å². The Morgan fingerprint density at radius 1 is 1.11 bits per heavy atom. The van der Waals surface area contributed by atoms with Gasteiger partial charge < -0.3 is 5.32 Å². The number of alkyl halides is 3. The predicted octanol–water partition coefficient (Wildman–Crippen LogP) is 5.95. The van der Waals surface area contributed by atoms with Gasteiger partial charge in [-0.05, 0) is 19.1 Å². The molecule has 1 heterocycles. The average molecular weight is 408 g/mol. The average Bonchev–Trinajstić information content (AvgIpc) is 3.10. The molecule has 1 N–H and O–H groups in total. The first-order valence-corrected chi connectivity index (χ1v) is 9.75. The molecule has 0 fully saturated rings. The number of nitrogens with one attached hydrogen (secondary N) is 1. The van der Waals surface area contributed by atoms with E-state index in [4.69, 9.17) is 0 Å². The molecule has 27 heavy (non-hydrogen) atoms. The summed E-state index contributed by atoms with van der Waals surface area (Å²) in [6.07, 6.45) is -4.53. The monoisotopic (exact) mass is 408 g/mol. The van der Waals surface area contributed by atoms with Crippen LogP contribution in [-0.2, 0) is 11.0 Å². The lowest BCUT2D eigenvalue weighted by Gasteiger charge is -2.15. The number of para-hydroxylation sites is 1. The van der Waals surface area contributed by atoms with Crippen LogP contribution in [0.15, 0.2) is 64.3 Å². The molecule has 1 atom stereocenters. The number of hydrogen-bond acceptors (Lipinski definition) is 4. The molecule has 1 amide bonds. The Bertz CT molecular complexity index is 926. The SMILES string of the molecule is C[C@H](Sc1nc(-c2ccccc2)cs1)C(=O)Nc1ccccc1C(F)(F)F. The molecule has 0 saturated carbocycles. The van der Waals surface area contributed by atoms with Crippen molar-refractivity contribution in [3.05, 3.63) is 65.5 Å². The summed E-state index contributed by atoms with van der Waals surface area (Å²) in [6.45, 7) is 1.64. The van der Waals surface area contributed by atoms with Crippen LogP contribution in [0.1, 0.15) is 12.5 Å². The van der Waals surface area contributed by atoms with Crippen LogP contribution in [0.2, 0.25) is 0 Å². The summed E-state index contributed by atoms with van der Waals surface area (Å²) < 4.78 is 39.8.